The molecule has 0 saturated carbocycles. The highest BCUT2D eigenvalue weighted by Crippen LogP contribution is 2.00. The number of hydrogen-bond donors (Lipinski definition) is 1. The Bertz CT molecular complexity index is 342. The van der Waals surface area contributed by atoms with E-state index in [0.717, 1.165) is 16.8 Å². The van der Waals surface area contributed by atoms with Crippen LogP contribution in [0.15, 0.2) is 6.07 Å². The van der Waals surface area contributed by atoms with E-state index >= 15 is 0 Å². The van der Waals surface area contributed by atoms with Crippen molar-refractivity contribution in [2.75, 3.05) is 0 Å². The molecule has 64 valence electrons. The zero-order valence-electron chi connectivity index (χ0n) is 7.00. The van der Waals surface area contributed by atoms with Crippen molar-refractivity contribution in [1.29, 1.82) is 5.26 Å². The number of nitrogens with one attached hydrogen (secondary N) is 1. The molecule has 0 spiro atoms. The fourth-order valence-electron chi connectivity index (χ4n) is 0.997. The van der Waals surface area contributed by atoms with Crippen LogP contribution in [0.5, 0.6) is 0 Å². The van der Waals surface area contributed by atoms with Crippen LogP contribution in [-0.2, 0) is 13.0 Å². The van der Waals surface area contributed by atoms with Gasteiger partial charge in [-0.25, -0.2) is 0 Å². The second-order valence-electron chi connectivity index (χ2n) is 2.53. The molecule has 0 radical (unpaired) electrons. The average molecular weight is 181 g/mol. The van der Waals surface area contributed by atoms with Gasteiger partial charge in [0.05, 0.1) is 19.0 Å². The predicted octanol–water partition coefficient (Wildman–Crippen LogP) is 2.02. The molecule has 0 atom stereocenters. The van der Waals surface area contributed by atoms with Crippen LogP contribution in [0.25, 0.3) is 0 Å². The third kappa shape index (κ3) is 1.95. The van der Waals surface area contributed by atoms with Crippen molar-refractivity contribution in [3.63, 3.8) is 0 Å². The first-order valence-electron chi connectivity index (χ1n) is 3.93. The Morgan fingerprint density at radius 1 is 1.75 bits per heavy atom. The summed E-state index contributed by atoms with van der Waals surface area (Å²) in [5.74, 6) is 0. The van der Waals surface area contributed by atoms with Crippen LogP contribution in [-0.4, -0.2) is 9.78 Å². The number of nitriles is 1. The second kappa shape index (κ2) is 4.07. The SMILES string of the molecule is CCc1cc(=S)n(CCC#N)[nH]1. The molecule has 1 aromatic heterocycles. The summed E-state index contributed by atoms with van der Waals surface area (Å²) in [6.45, 7) is 2.73. The largest absolute Gasteiger partial charge is 0.302 e. The highest BCUT2D eigenvalue weighted by molar-refractivity contribution is 7.71. The lowest BCUT2D eigenvalue weighted by molar-refractivity contribution is 0.611. The molecule has 0 fully saturated rings. The molecule has 0 aromatic carbocycles. The lowest BCUT2D eigenvalue weighted by Gasteiger charge is -1.96. The normalized spacial score (nSPS) is 9.67. The van der Waals surface area contributed by atoms with Crippen molar-refractivity contribution in [3.8, 4) is 6.07 Å². The second-order valence-corrected chi connectivity index (χ2v) is 2.95. The zero-order chi connectivity index (χ0) is 8.97. The van der Waals surface area contributed by atoms with Gasteiger partial charge in [0.1, 0.15) is 4.64 Å². The maximum Gasteiger partial charge on any atom is 0.122 e. The van der Waals surface area contributed by atoms with Crippen LogP contribution in [0.1, 0.15) is 19.0 Å². The van der Waals surface area contributed by atoms with Gasteiger partial charge in [0.15, 0.2) is 0 Å². The zero-order valence-corrected chi connectivity index (χ0v) is 7.82. The number of aromatic nitrogens is 2. The maximum absolute atomic E-state index is 8.37. The van der Waals surface area contributed by atoms with Crippen molar-refractivity contribution in [1.82, 2.24) is 9.78 Å². The number of hydrogen-bond acceptors (Lipinski definition) is 2. The third-order valence-electron chi connectivity index (χ3n) is 1.67. The van der Waals surface area contributed by atoms with Gasteiger partial charge < -0.3 is 5.10 Å². The summed E-state index contributed by atoms with van der Waals surface area (Å²) >= 11 is 5.07. The number of rotatable bonds is 3. The van der Waals surface area contributed by atoms with Gasteiger partial charge in [-0.3, -0.25) is 4.68 Å². The molecule has 0 aliphatic rings. The van der Waals surface area contributed by atoms with Crippen molar-refractivity contribution in [3.05, 3.63) is 16.4 Å². The minimum atomic E-state index is 0.498. The molecule has 1 aromatic rings. The molecule has 0 aliphatic carbocycles. The monoisotopic (exact) mass is 181 g/mol. The Labute approximate surface area is 76.6 Å². The van der Waals surface area contributed by atoms with Crippen LogP contribution in [0, 0.1) is 16.0 Å². The van der Waals surface area contributed by atoms with E-state index in [1.165, 1.54) is 0 Å². The molecule has 3 nitrogen and oxygen atoms in total. The van der Waals surface area contributed by atoms with Crippen molar-refractivity contribution >= 4 is 12.2 Å². The number of H-pyrrole nitrogens is 1. The molecule has 1 heterocycles. The summed E-state index contributed by atoms with van der Waals surface area (Å²) in [5.41, 5.74) is 1.12. The van der Waals surface area contributed by atoms with Gasteiger partial charge in [0.25, 0.3) is 0 Å². The van der Waals surface area contributed by atoms with Crippen LogP contribution < -0.4 is 0 Å². The Morgan fingerprint density at radius 2 is 2.50 bits per heavy atom. The Balaban J connectivity index is 2.79. The van der Waals surface area contributed by atoms with Gasteiger partial charge in [0, 0.05) is 5.69 Å². The van der Waals surface area contributed by atoms with Crippen molar-refractivity contribution in [2.24, 2.45) is 0 Å². The molecule has 1 rings (SSSR count). The van der Waals surface area contributed by atoms with Crippen LogP contribution >= 0.6 is 12.2 Å². The summed E-state index contributed by atoms with van der Waals surface area (Å²) in [6.07, 6.45) is 1.45. The molecular formula is C8H11N3S. The molecule has 0 amide bonds. The first kappa shape index (κ1) is 9.01. The minimum absolute atomic E-state index is 0.498. The van der Waals surface area contributed by atoms with Gasteiger partial charge >= 0.3 is 0 Å². The molecule has 1 N–H and O–H groups in total. The van der Waals surface area contributed by atoms with Crippen LogP contribution in [0.3, 0.4) is 0 Å². The fourth-order valence-corrected chi connectivity index (χ4v) is 1.28. The summed E-state index contributed by atoms with van der Waals surface area (Å²) in [6, 6.07) is 4.02. The lowest BCUT2D eigenvalue weighted by atomic mass is 10.4. The summed E-state index contributed by atoms with van der Waals surface area (Å²) in [5, 5.41) is 11.5. The van der Waals surface area contributed by atoms with E-state index in [9.17, 15) is 0 Å². The van der Waals surface area contributed by atoms with E-state index in [1.807, 2.05) is 10.7 Å². The standard InChI is InChI=1S/C8H11N3S/c1-2-7-6-8(12)11(10-7)5-3-4-9/h6,10H,2-3,5H2,1H3. The Morgan fingerprint density at radius 3 is 3.00 bits per heavy atom. The maximum atomic E-state index is 8.37. The van der Waals surface area contributed by atoms with Crippen LogP contribution in [0.2, 0.25) is 0 Å². The Kier molecular flexibility index (Phi) is 3.06. The van der Waals surface area contributed by atoms with Crippen LogP contribution in [0.4, 0.5) is 0 Å². The first-order chi connectivity index (χ1) is 5.77. The quantitative estimate of drug-likeness (QED) is 0.725. The fraction of sp³-hybridized carbons (Fsp3) is 0.500. The van der Waals surface area contributed by atoms with Gasteiger partial charge in [0.2, 0.25) is 0 Å². The first-order valence-corrected chi connectivity index (χ1v) is 4.34. The van der Waals surface area contributed by atoms with E-state index in [0.29, 0.717) is 13.0 Å². The summed E-state index contributed by atoms with van der Waals surface area (Å²) in [7, 11) is 0. The predicted molar refractivity (Wildman–Crippen MR) is 49.2 cm³/mol. The molecule has 4 heteroatoms. The summed E-state index contributed by atoms with van der Waals surface area (Å²) in [4.78, 5) is 0. The van der Waals surface area contributed by atoms with Gasteiger partial charge in [-0.2, -0.15) is 5.26 Å². The highest BCUT2D eigenvalue weighted by atomic mass is 32.1. The van der Waals surface area contributed by atoms with E-state index in [-0.39, 0.29) is 0 Å². The number of aryl methyl sites for hydroxylation is 2. The topological polar surface area (TPSA) is 44.5 Å². The Hall–Kier alpha value is -1.08. The van der Waals surface area contributed by atoms with Crippen molar-refractivity contribution < 1.29 is 0 Å². The van der Waals surface area contributed by atoms with E-state index < -0.39 is 0 Å². The molecular weight excluding hydrogens is 170 g/mol. The van der Waals surface area contributed by atoms with E-state index in [4.69, 9.17) is 17.5 Å². The smallest absolute Gasteiger partial charge is 0.122 e. The average Bonchev–Trinajstić information content (AvgIpc) is 2.43. The van der Waals surface area contributed by atoms with Gasteiger partial charge in [-0.05, 0) is 12.5 Å². The summed E-state index contributed by atoms with van der Waals surface area (Å²) < 4.78 is 2.61. The molecule has 0 aliphatic heterocycles. The highest BCUT2D eigenvalue weighted by Gasteiger charge is 1.96. The van der Waals surface area contributed by atoms with Gasteiger partial charge in [-0.1, -0.05) is 19.1 Å². The minimum Gasteiger partial charge on any atom is -0.302 e. The molecule has 0 bridgehead atoms. The van der Waals surface area contributed by atoms with E-state index in [1.54, 1.807) is 0 Å². The lowest BCUT2D eigenvalue weighted by Crippen LogP contribution is -1.99. The third-order valence-corrected chi connectivity index (χ3v) is 2.01. The van der Waals surface area contributed by atoms with E-state index in [2.05, 4.69) is 18.1 Å². The van der Waals surface area contributed by atoms with Gasteiger partial charge in [-0.15, -0.1) is 0 Å². The molecule has 12 heavy (non-hydrogen) atoms. The van der Waals surface area contributed by atoms with Crippen molar-refractivity contribution in [2.45, 2.75) is 26.3 Å². The molecule has 0 unspecified atom stereocenters. The number of nitrogens with zero attached hydrogens (tertiary/aromatic N) is 2. The number of aromatic amines is 1. The molecule has 0 saturated heterocycles.